The lowest BCUT2D eigenvalue weighted by Crippen LogP contribution is -2.35. The van der Waals surface area contributed by atoms with Crippen molar-refractivity contribution in [3.05, 3.63) is 77.9 Å². The number of nitrogens with zero attached hydrogens (tertiary/aromatic N) is 3. The van der Waals surface area contributed by atoms with Gasteiger partial charge >= 0.3 is 12.1 Å². The maximum absolute atomic E-state index is 12.8. The van der Waals surface area contributed by atoms with E-state index in [0.29, 0.717) is 6.04 Å². The van der Waals surface area contributed by atoms with Gasteiger partial charge in [-0.3, -0.25) is 14.5 Å². The Labute approximate surface area is 223 Å². The first kappa shape index (κ1) is 28.2. The van der Waals surface area contributed by atoms with Gasteiger partial charge in [0.25, 0.3) is 0 Å². The second kappa shape index (κ2) is 12.4. The van der Waals surface area contributed by atoms with Crippen LogP contribution in [0.3, 0.4) is 0 Å². The molecule has 0 aliphatic carbocycles. The molecule has 0 bridgehead atoms. The number of fused-ring (bicyclic) bond motifs is 1. The van der Waals surface area contributed by atoms with Crippen LogP contribution in [0.1, 0.15) is 54.6 Å². The van der Waals surface area contributed by atoms with Gasteiger partial charge in [-0.2, -0.15) is 18.3 Å². The highest BCUT2D eigenvalue weighted by Crippen LogP contribution is 2.27. The molecule has 39 heavy (non-hydrogen) atoms. The zero-order valence-electron chi connectivity index (χ0n) is 21.0. The predicted molar refractivity (Wildman–Crippen MR) is 136 cm³/mol. The van der Waals surface area contributed by atoms with Gasteiger partial charge in [0.15, 0.2) is 0 Å². The Hall–Kier alpha value is -3.77. The molecule has 1 amide bonds. The van der Waals surface area contributed by atoms with Crippen molar-refractivity contribution in [2.75, 3.05) is 5.32 Å². The number of carboxylic acids is 1. The Balaban J connectivity index is 0.000000448. The number of rotatable bonds is 6. The maximum atomic E-state index is 12.8. The Morgan fingerprint density at radius 2 is 1.85 bits per heavy atom. The van der Waals surface area contributed by atoms with E-state index in [1.807, 2.05) is 35.0 Å². The van der Waals surface area contributed by atoms with Crippen molar-refractivity contribution >= 4 is 17.6 Å². The minimum absolute atomic E-state index is 0.00732. The zero-order valence-corrected chi connectivity index (χ0v) is 21.0. The SMILES string of the molecule is O=C(Nc1ccc(C[C@@H]2CC[C@H]([C@H](O)c3cccnc3)N2)cc1)C1CCCc2ccnn21.O=C(O)C(F)(F)F. The second-order valence-corrected chi connectivity index (χ2v) is 9.65. The largest absolute Gasteiger partial charge is 0.490 e. The molecule has 0 radical (unpaired) electrons. The van der Waals surface area contributed by atoms with Crippen molar-refractivity contribution < 1.29 is 33.0 Å². The molecule has 4 atom stereocenters. The molecule has 1 aromatic carbocycles. The number of aliphatic hydroxyl groups excluding tert-OH is 1. The number of carbonyl (C=O) groups excluding carboxylic acids is 1. The fourth-order valence-corrected chi connectivity index (χ4v) is 4.94. The van der Waals surface area contributed by atoms with Crippen molar-refractivity contribution in [2.45, 2.75) is 68.9 Å². The number of aliphatic carboxylic acids is 1. The first-order valence-corrected chi connectivity index (χ1v) is 12.7. The summed E-state index contributed by atoms with van der Waals surface area (Å²) in [5.41, 5.74) is 4.00. The van der Waals surface area contributed by atoms with Crippen LogP contribution in [-0.4, -0.2) is 55.1 Å². The van der Waals surface area contributed by atoms with Crippen LogP contribution in [0.2, 0.25) is 0 Å². The van der Waals surface area contributed by atoms with E-state index in [1.54, 1.807) is 18.6 Å². The van der Waals surface area contributed by atoms with Crippen LogP contribution in [0.15, 0.2) is 61.1 Å². The number of anilines is 1. The number of aromatic nitrogens is 3. The molecule has 4 N–H and O–H groups in total. The Morgan fingerprint density at radius 3 is 2.51 bits per heavy atom. The van der Waals surface area contributed by atoms with Gasteiger partial charge < -0.3 is 20.8 Å². The Bertz CT molecular complexity index is 1250. The minimum Gasteiger partial charge on any atom is -0.475 e. The number of hydrogen-bond acceptors (Lipinski definition) is 6. The number of carboxylic acid groups (broad SMARTS) is 1. The number of halogens is 3. The lowest BCUT2D eigenvalue weighted by atomic mass is 10.0. The average Bonchev–Trinajstić information content (AvgIpc) is 3.59. The van der Waals surface area contributed by atoms with Crippen LogP contribution >= 0.6 is 0 Å². The maximum Gasteiger partial charge on any atom is 0.490 e. The van der Waals surface area contributed by atoms with E-state index in [-0.39, 0.29) is 18.0 Å². The molecule has 0 saturated carbocycles. The third kappa shape index (κ3) is 7.42. The molecule has 5 rings (SSSR count). The van der Waals surface area contributed by atoms with Crippen LogP contribution in [0, 0.1) is 0 Å². The standard InChI is InChI=1S/C25H29N5O2.C2HF3O2/c31-24(18-3-2-13-26-16-18)22-11-10-20(28-22)15-17-6-8-19(9-7-17)29-25(32)23-5-1-4-21-12-14-27-30(21)23;3-2(4,5)1(6)7/h2-3,6-9,12-14,16,20,22-24,28,31H,1,4-5,10-11,15H2,(H,29,32);(H,6,7)/t20-,22+,23?,24+;/m0./s1. The molecule has 208 valence electrons. The van der Waals surface area contributed by atoms with E-state index in [9.17, 15) is 23.1 Å². The summed E-state index contributed by atoms with van der Waals surface area (Å²) in [5, 5.41) is 28.7. The van der Waals surface area contributed by atoms with Crippen molar-refractivity contribution in [1.29, 1.82) is 0 Å². The number of carbonyl (C=O) groups is 2. The molecule has 2 aliphatic heterocycles. The number of amides is 1. The molecule has 9 nitrogen and oxygen atoms in total. The summed E-state index contributed by atoms with van der Waals surface area (Å²) >= 11 is 0. The topological polar surface area (TPSA) is 129 Å². The normalized spacial score (nSPS) is 21.3. The second-order valence-electron chi connectivity index (χ2n) is 9.65. The molecular weight excluding hydrogens is 515 g/mol. The third-order valence-corrected chi connectivity index (χ3v) is 6.89. The van der Waals surface area contributed by atoms with Crippen LogP contribution in [-0.2, 0) is 22.4 Å². The summed E-state index contributed by atoms with van der Waals surface area (Å²) in [7, 11) is 0. The summed E-state index contributed by atoms with van der Waals surface area (Å²) in [6, 6.07) is 14.0. The van der Waals surface area contributed by atoms with Gasteiger partial charge in [0, 0.05) is 47.6 Å². The molecule has 2 aromatic heterocycles. The van der Waals surface area contributed by atoms with Crippen molar-refractivity contribution in [1.82, 2.24) is 20.1 Å². The van der Waals surface area contributed by atoms with Crippen molar-refractivity contribution in [2.24, 2.45) is 0 Å². The average molecular weight is 546 g/mol. The summed E-state index contributed by atoms with van der Waals surface area (Å²) < 4.78 is 33.6. The van der Waals surface area contributed by atoms with Crippen molar-refractivity contribution in [3.8, 4) is 0 Å². The number of alkyl halides is 3. The molecule has 12 heteroatoms. The van der Waals surface area contributed by atoms with Crippen LogP contribution in [0.4, 0.5) is 18.9 Å². The minimum atomic E-state index is -5.08. The van der Waals surface area contributed by atoms with E-state index >= 15 is 0 Å². The van der Waals surface area contributed by atoms with Gasteiger partial charge in [0.05, 0.1) is 6.10 Å². The lowest BCUT2D eigenvalue weighted by Gasteiger charge is -2.23. The molecule has 0 spiro atoms. The van der Waals surface area contributed by atoms with E-state index in [4.69, 9.17) is 9.90 Å². The van der Waals surface area contributed by atoms with Gasteiger partial charge in [-0.15, -0.1) is 0 Å². The Morgan fingerprint density at radius 1 is 1.10 bits per heavy atom. The molecular formula is C27H30F3N5O4. The monoisotopic (exact) mass is 545 g/mol. The fraction of sp³-hybridized carbons (Fsp3) is 0.407. The number of nitrogens with one attached hydrogen (secondary N) is 2. The fourth-order valence-electron chi connectivity index (χ4n) is 4.94. The van der Waals surface area contributed by atoms with Gasteiger partial charge in [0.2, 0.25) is 5.91 Å². The molecule has 1 unspecified atom stereocenters. The number of hydrogen-bond donors (Lipinski definition) is 4. The summed E-state index contributed by atoms with van der Waals surface area (Å²) in [6.07, 6.45) is 5.25. The highest BCUT2D eigenvalue weighted by molar-refractivity contribution is 5.93. The van der Waals surface area contributed by atoms with Gasteiger partial charge in [-0.25, -0.2) is 4.79 Å². The highest BCUT2D eigenvalue weighted by atomic mass is 19.4. The number of aliphatic hydroxyl groups is 1. The highest BCUT2D eigenvalue weighted by Gasteiger charge is 2.38. The first-order valence-electron chi connectivity index (χ1n) is 12.7. The van der Waals surface area contributed by atoms with Crippen LogP contribution in [0.5, 0.6) is 0 Å². The van der Waals surface area contributed by atoms with Gasteiger partial charge in [-0.1, -0.05) is 18.2 Å². The summed E-state index contributed by atoms with van der Waals surface area (Å²) in [6.45, 7) is 0. The summed E-state index contributed by atoms with van der Waals surface area (Å²) in [5.74, 6) is -2.76. The molecule has 4 heterocycles. The lowest BCUT2D eigenvalue weighted by molar-refractivity contribution is -0.192. The van der Waals surface area contributed by atoms with Gasteiger partial charge in [-0.05, 0) is 68.4 Å². The first-order chi connectivity index (χ1) is 18.6. The molecule has 3 aromatic rings. The summed E-state index contributed by atoms with van der Waals surface area (Å²) in [4.78, 5) is 25.8. The van der Waals surface area contributed by atoms with Gasteiger partial charge in [0.1, 0.15) is 6.04 Å². The van der Waals surface area contributed by atoms with Crippen LogP contribution in [0.25, 0.3) is 0 Å². The Kier molecular flexibility index (Phi) is 8.97. The molecule has 1 saturated heterocycles. The predicted octanol–water partition coefficient (Wildman–Crippen LogP) is 3.82. The van der Waals surface area contributed by atoms with Crippen molar-refractivity contribution in [3.63, 3.8) is 0 Å². The van der Waals surface area contributed by atoms with E-state index in [1.165, 1.54) is 5.56 Å². The zero-order chi connectivity index (χ0) is 28.0. The number of benzene rings is 1. The van der Waals surface area contributed by atoms with E-state index in [0.717, 1.165) is 55.5 Å². The quantitative estimate of drug-likeness (QED) is 0.371. The smallest absolute Gasteiger partial charge is 0.475 e. The molecule has 2 aliphatic rings. The number of aryl methyl sites for hydroxylation is 1. The third-order valence-electron chi connectivity index (χ3n) is 6.89. The van der Waals surface area contributed by atoms with E-state index in [2.05, 4.69) is 32.8 Å². The van der Waals surface area contributed by atoms with E-state index < -0.39 is 18.2 Å². The van der Waals surface area contributed by atoms with Crippen LogP contribution < -0.4 is 10.6 Å². The number of pyridine rings is 1. The molecule has 1 fully saturated rings.